The van der Waals surface area contributed by atoms with E-state index in [9.17, 15) is 9.59 Å². The van der Waals surface area contributed by atoms with Crippen LogP contribution in [0.4, 0.5) is 0 Å². The third-order valence-electron chi connectivity index (χ3n) is 3.00. The molecule has 4 nitrogen and oxygen atoms in total. The molecule has 4 heteroatoms. The van der Waals surface area contributed by atoms with E-state index in [2.05, 4.69) is 6.92 Å². The zero-order valence-electron chi connectivity index (χ0n) is 13.3. The summed E-state index contributed by atoms with van der Waals surface area (Å²) in [5.74, 6) is -0.759. The predicted octanol–water partition coefficient (Wildman–Crippen LogP) is 3.79. The fraction of sp³-hybridized carbons (Fsp3) is 0.750. The molecule has 0 aromatic heterocycles. The Bertz CT molecular complexity index is 331. The van der Waals surface area contributed by atoms with Crippen LogP contribution in [-0.2, 0) is 19.1 Å². The van der Waals surface area contributed by atoms with E-state index in [0.717, 1.165) is 25.7 Å². The van der Waals surface area contributed by atoms with Gasteiger partial charge in [-0.25, -0.2) is 9.59 Å². The lowest BCUT2D eigenvalue weighted by Gasteiger charge is -2.13. The number of esters is 2. The second-order valence-corrected chi connectivity index (χ2v) is 4.62. The monoisotopic (exact) mass is 284 g/mol. The second-order valence-electron chi connectivity index (χ2n) is 4.62. The first kappa shape index (κ1) is 18.7. The molecule has 0 atom stereocenters. The molecule has 0 aliphatic carbocycles. The summed E-state index contributed by atoms with van der Waals surface area (Å²) in [5, 5.41) is 0. The number of hydrogen-bond donors (Lipinski definition) is 0. The molecule has 0 saturated heterocycles. The van der Waals surface area contributed by atoms with Gasteiger partial charge >= 0.3 is 11.9 Å². The number of carbonyl (C=O) groups is 2. The summed E-state index contributed by atoms with van der Waals surface area (Å²) in [6, 6.07) is 0. The van der Waals surface area contributed by atoms with E-state index in [1.807, 2.05) is 13.8 Å². The maximum atomic E-state index is 12.1. The van der Waals surface area contributed by atoms with Crippen molar-refractivity contribution in [2.45, 2.75) is 66.2 Å². The van der Waals surface area contributed by atoms with E-state index in [0.29, 0.717) is 37.2 Å². The summed E-state index contributed by atoms with van der Waals surface area (Å²) in [4.78, 5) is 24.1. The molecule has 0 aromatic rings. The summed E-state index contributed by atoms with van der Waals surface area (Å²) in [5.41, 5.74) is 0.950. The van der Waals surface area contributed by atoms with Crippen molar-refractivity contribution in [3.8, 4) is 0 Å². The summed E-state index contributed by atoms with van der Waals surface area (Å²) in [6.07, 6.45) is 4.70. The molecule has 0 radical (unpaired) electrons. The van der Waals surface area contributed by atoms with Crippen molar-refractivity contribution < 1.29 is 19.1 Å². The number of hydrogen-bond acceptors (Lipinski definition) is 4. The highest BCUT2D eigenvalue weighted by atomic mass is 16.5. The molecule has 0 aliphatic rings. The fourth-order valence-corrected chi connectivity index (χ4v) is 1.83. The Kier molecular flexibility index (Phi) is 10.7. The minimum atomic E-state index is -0.395. The first-order chi connectivity index (χ1) is 9.62. The fourth-order valence-electron chi connectivity index (χ4n) is 1.83. The van der Waals surface area contributed by atoms with Crippen molar-refractivity contribution >= 4 is 11.9 Å². The minimum absolute atomic E-state index is 0.314. The Morgan fingerprint density at radius 1 is 0.800 bits per heavy atom. The molecule has 0 bridgehead atoms. The van der Waals surface area contributed by atoms with Gasteiger partial charge in [-0.2, -0.15) is 0 Å². The third-order valence-corrected chi connectivity index (χ3v) is 3.00. The molecule has 0 fully saturated rings. The van der Waals surface area contributed by atoms with Crippen LogP contribution in [0.1, 0.15) is 66.2 Å². The van der Waals surface area contributed by atoms with Gasteiger partial charge in [0.15, 0.2) is 0 Å². The number of rotatable bonds is 10. The van der Waals surface area contributed by atoms with Crippen LogP contribution >= 0.6 is 0 Å². The average Bonchev–Trinajstić information content (AvgIpc) is 2.43. The Balaban J connectivity index is 5.04. The minimum Gasteiger partial charge on any atom is -0.463 e. The standard InChI is InChI=1S/C16H28O4/c1-5-9-11-14(16(18)20-12-10-6-2)13(7-3)15(17)19-8-4/h5-12H2,1-4H3. The largest absolute Gasteiger partial charge is 0.463 e. The van der Waals surface area contributed by atoms with Crippen molar-refractivity contribution in [1.82, 2.24) is 0 Å². The Morgan fingerprint density at radius 2 is 1.40 bits per heavy atom. The molecule has 0 rings (SSSR count). The van der Waals surface area contributed by atoms with Gasteiger partial charge in [-0.3, -0.25) is 0 Å². The van der Waals surface area contributed by atoms with Gasteiger partial charge in [0.1, 0.15) is 0 Å². The third kappa shape index (κ3) is 6.73. The van der Waals surface area contributed by atoms with E-state index in [-0.39, 0.29) is 5.97 Å². The quantitative estimate of drug-likeness (QED) is 0.348. The van der Waals surface area contributed by atoms with Gasteiger partial charge in [-0.15, -0.1) is 0 Å². The van der Waals surface area contributed by atoms with Crippen molar-refractivity contribution in [1.29, 1.82) is 0 Å². The molecule has 0 spiro atoms. The van der Waals surface area contributed by atoms with Crippen LogP contribution < -0.4 is 0 Å². The van der Waals surface area contributed by atoms with Gasteiger partial charge in [-0.1, -0.05) is 33.6 Å². The van der Waals surface area contributed by atoms with Crippen LogP contribution in [0.5, 0.6) is 0 Å². The molecule has 20 heavy (non-hydrogen) atoms. The SMILES string of the molecule is CCCCOC(=O)C(CCCC)=C(CC)C(=O)OCC. The molecule has 0 aromatic carbocycles. The normalized spacial score (nSPS) is 11.8. The van der Waals surface area contributed by atoms with E-state index < -0.39 is 5.97 Å². The van der Waals surface area contributed by atoms with Crippen molar-refractivity contribution in [3.63, 3.8) is 0 Å². The first-order valence-electron chi connectivity index (χ1n) is 7.68. The van der Waals surface area contributed by atoms with Crippen LogP contribution in [0, 0.1) is 0 Å². The maximum Gasteiger partial charge on any atom is 0.334 e. The lowest BCUT2D eigenvalue weighted by molar-refractivity contribution is -0.142. The number of unbranched alkanes of at least 4 members (excludes halogenated alkanes) is 2. The van der Waals surface area contributed by atoms with E-state index in [1.165, 1.54) is 0 Å². The van der Waals surface area contributed by atoms with E-state index >= 15 is 0 Å². The Morgan fingerprint density at radius 3 is 1.90 bits per heavy atom. The van der Waals surface area contributed by atoms with Crippen LogP contribution in [0.2, 0.25) is 0 Å². The summed E-state index contributed by atoms with van der Waals surface area (Å²) in [6.45, 7) is 8.43. The number of ether oxygens (including phenoxy) is 2. The smallest absolute Gasteiger partial charge is 0.334 e. The first-order valence-corrected chi connectivity index (χ1v) is 7.68. The predicted molar refractivity (Wildman–Crippen MR) is 79.3 cm³/mol. The van der Waals surface area contributed by atoms with Gasteiger partial charge in [0.2, 0.25) is 0 Å². The lowest BCUT2D eigenvalue weighted by Crippen LogP contribution is -2.17. The van der Waals surface area contributed by atoms with Crippen LogP contribution in [0.25, 0.3) is 0 Å². The van der Waals surface area contributed by atoms with Crippen LogP contribution in [-0.4, -0.2) is 25.2 Å². The molecule has 0 aliphatic heterocycles. The molecule has 0 N–H and O–H groups in total. The highest BCUT2D eigenvalue weighted by Gasteiger charge is 2.21. The van der Waals surface area contributed by atoms with Gasteiger partial charge in [0, 0.05) is 11.1 Å². The zero-order chi connectivity index (χ0) is 15.4. The average molecular weight is 284 g/mol. The Labute approximate surface area is 122 Å². The van der Waals surface area contributed by atoms with Gasteiger partial charge < -0.3 is 9.47 Å². The van der Waals surface area contributed by atoms with Crippen LogP contribution in [0.15, 0.2) is 11.1 Å². The van der Waals surface area contributed by atoms with E-state index in [1.54, 1.807) is 6.92 Å². The van der Waals surface area contributed by atoms with Gasteiger partial charge in [-0.05, 0) is 32.6 Å². The van der Waals surface area contributed by atoms with Gasteiger partial charge in [0.25, 0.3) is 0 Å². The molecule has 116 valence electrons. The van der Waals surface area contributed by atoms with Crippen molar-refractivity contribution in [2.75, 3.05) is 13.2 Å². The highest BCUT2D eigenvalue weighted by Crippen LogP contribution is 2.19. The molecular formula is C16H28O4. The molecule has 0 amide bonds. The van der Waals surface area contributed by atoms with E-state index in [4.69, 9.17) is 9.47 Å². The van der Waals surface area contributed by atoms with Crippen molar-refractivity contribution in [2.24, 2.45) is 0 Å². The molecule has 0 unspecified atom stereocenters. The summed E-state index contributed by atoms with van der Waals surface area (Å²) in [7, 11) is 0. The van der Waals surface area contributed by atoms with Gasteiger partial charge in [0.05, 0.1) is 13.2 Å². The van der Waals surface area contributed by atoms with Crippen LogP contribution in [0.3, 0.4) is 0 Å². The molecule has 0 heterocycles. The zero-order valence-corrected chi connectivity index (χ0v) is 13.3. The maximum absolute atomic E-state index is 12.1. The molecular weight excluding hydrogens is 256 g/mol. The second kappa shape index (κ2) is 11.5. The summed E-state index contributed by atoms with van der Waals surface area (Å²) >= 11 is 0. The van der Waals surface area contributed by atoms with Crippen molar-refractivity contribution in [3.05, 3.63) is 11.1 Å². The number of carbonyl (C=O) groups excluding carboxylic acids is 2. The highest BCUT2D eigenvalue weighted by molar-refractivity contribution is 6.00. The lowest BCUT2D eigenvalue weighted by atomic mass is 10.0. The molecule has 0 saturated carbocycles. The topological polar surface area (TPSA) is 52.6 Å². The summed E-state index contributed by atoms with van der Waals surface area (Å²) < 4.78 is 10.3. The Hall–Kier alpha value is -1.32.